The normalized spacial score (nSPS) is 10.4. The Morgan fingerprint density at radius 2 is 2.11 bits per heavy atom. The van der Waals surface area contributed by atoms with E-state index in [1.807, 2.05) is 33.8 Å². The van der Waals surface area contributed by atoms with Crippen LogP contribution in [0.3, 0.4) is 0 Å². The lowest BCUT2D eigenvalue weighted by Crippen LogP contribution is -2.24. The number of hydrogen-bond acceptors (Lipinski definition) is 2. The summed E-state index contributed by atoms with van der Waals surface area (Å²) in [5, 5.41) is 2.76. The predicted octanol–water partition coefficient (Wildman–Crippen LogP) is 2.42. The third-order valence-electron chi connectivity index (χ3n) is 2.25. The molecular formula is C15H20N2O. The van der Waals surface area contributed by atoms with Gasteiger partial charge in [-0.1, -0.05) is 18.8 Å². The van der Waals surface area contributed by atoms with Crippen molar-refractivity contribution in [2.45, 2.75) is 34.1 Å². The van der Waals surface area contributed by atoms with Crippen LogP contribution in [0.25, 0.3) is 0 Å². The lowest BCUT2D eigenvalue weighted by Gasteiger charge is -2.07. The van der Waals surface area contributed by atoms with Crippen molar-refractivity contribution in [2.75, 3.05) is 6.54 Å². The van der Waals surface area contributed by atoms with Crippen LogP contribution in [0, 0.1) is 17.3 Å². The standard InChI is InChI=1S/C15H20N2O/c1-5-13-8-7-12(11-17-13)14(18)16-10-6-9-15(2,3)4/h7-8,11H,5,10H2,1-4H3,(H,16,18). The number of nitrogens with one attached hydrogen (secondary N) is 1. The van der Waals surface area contributed by atoms with Gasteiger partial charge in [-0.15, -0.1) is 0 Å². The number of carbonyl (C=O) groups is 1. The van der Waals surface area contributed by atoms with E-state index in [9.17, 15) is 4.79 Å². The zero-order valence-electron chi connectivity index (χ0n) is 11.5. The van der Waals surface area contributed by atoms with Crippen molar-refractivity contribution < 1.29 is 4.79 Å². The zero-order chi connectivity index (χ0) is 13.6. The van der Waals surface area contributed by atoms with Gasteiger partial charge in [-0.25, -0.2) is 0 Å². The van der Waals surface area contributed by atoms with Gasteiger partial charge in [0.05, 0.1) is 12.1 Å². The van der Waals surface area contributed by atoms with E-state index in [1.54, 1.807) is 12.3 Å². The van der Waals surface area contributed by atoms with Crippen LogP contribution in [0.2, 0.25) is 0 Å². The number of carbonyl (C=O) groups excluding carboxylic acids is 1. The van der Waals surface area contributed by atoms with Crippen LogP contribution in [0.1, 0.15) is 43.7 Å². The summed E-state index contributed by atoms with van der Waals surface area (Å²) in [6.07, 6.45) is 2.48. The number of amides is 1. The lowest BCUT2D eigenvalue weighted by molar-refractivity contribution is 0.0958. The van der Waals surface area contributed by atoms with Crippen LogP contribution in [0.15, 0.2) is 18.3 Å². The molecule has 0 aliphatic heterocycles. The molecule has 0 aromatic carbocycles. The number of aromatic nitrogens is 1. The average Bonchev–Trinajstić information content (AvgIpc) is 2.33. The first-order valence-corrected chi connectivity index (χ1v) is 6.15. The summed E-state index contributed by atoms with van der Waals surface area (Å²) in [7, 11) is 0. The third kappa shape index (κ3) is 5.01. The molecule has 1 aromatic heterocycles. The third-order valence-corrected chi connectivity index (χ3v) is 2.25. The predicted molar refractivity (Wildman–Crippen MR) is 73.2 cm³/mol. The maximum atomic E-state index is 11.7. The number of hydrogen-bond donors (Lipinski definition) is 1. The van der Waals surface area contributed by atoms with Crippen LogP contribution < -0.4 is 5.32 Å². The quantitative estimate of drug-likeness (QED) is 0.830. The van der Waals surface area contributed by atoms with Gasteiger partial charge in [0, 0.05) is 17.3 Å². The minimum Gasteiger partial charge on any atom is -0.341 e. The van der Waals surface area contributed by atoms with Gasteiger partial charge in [0.25, 0.3) is 5.91 Å². The second-order valence-electron chi connectivity index (χ2n) is 5.13. The summed E-state index contributed by atoms with van der Waals surface area (Å²) in [6, 6.07) is 3.66. The van der Waals surface area contributed by atoms with E-state index < -0.39 is 0 Å². The van der Waals surface area contributed by atoms with Crippen LogP contribution in [0.5, 0.6) is 0 Å². The lowest BCUT2D eigenvalue weighted by atomic mass is 9.98. The van der Waals surface area contributed by atoms with Gasteiger partial charge in [0.1, 0.15) is 0 Å². The van der Waals surface area contributed by atoms with Crippen molar-refractivity contribution in [1.29, 1.82) is 0 Å². The molecule has 0 radical (unpaired) electrons. The molecule has 0 aliphatic rings. The maximum Gasteiger partial charge on any atom is 0.253 e. The van der Waals surface area contributed by atoms with Gasteiger partial charge in [0.2, 0.25) is 0 Å². The molecular weight excluding hydrogens is 224 g/mol. The molecule has 0 unspecified atom stereocenters. The minimum absolute atomic E-state index is 0.0327. The molecule has 3 heteroatoms. The molecule has 0 bridgehead atoms. The largest absolute Gasteiger partial charge is 0.341 e. The molecule has 0 atom stereocenters. The summed E-state index contributed by atoms with van der Waals surface area (Å²) in [5.74, 6) is 5.88. The van der Waals surface area contributed by atoms with Gasteiger partial charge in [-0.05, 0) is 39.3 Å². The van der Waals surface area contributed by atoms with Crippen LogP contribution in [-0.2, 0) is 6.42 Å². The second-order valence-corrected chi connectivity index (χ2v) is 5.13. The molecule has 0 aliphatic carbocycles. The van der Waals surface area contributed by atoms with Crippen LogP contribution in [0.4, 0.5) is 0 Å². The number of nitrogens with zero attached hydrogens (tertiary/aromatic N) is 1. The first kappa shape index (κ1) is 14.2. The fourth-order valence-electron chi connectivity index (χ4n) is 1.30. The van der Waals surface area contributed by atoms with Gasteiger partial charge >= 0.3 is 0 Å². The molecule has 1 aromatic rings. The Hall–Kier alpha value is -1.82. The molecule has 1 amide bonds. The van der Waals surface area contributed by atoms with Crippen molar-refractivity contribution in [3.63, 3.8) is 0 Å². The Labute approximate surface area is 109 Å². The molecule has 96 valence electrons. The molecule has 0 spiro atoms. The Kier molecular flexibility index (Phi) is 4.91. The van der Waals surface area contributed by atoms with E-state index in [-0.39, 0.29) is 11.3 Å². The second kappa shape index (κ2) is 6.20. The number of pyridine rings is 1. The number of rotatable bonds is 3. The van der Waals surface area contributed by atoms with E-state index in [0.717, 1.165) is 12.1 Å². The van der Waals surface area contributed by atoms with Crippen molar-refractivity contribution >= 4 is 5.91 Å². The topological polar surface area (TPSA) is 42.0 Å². The molecule has 3 nitrogen and oxygen atoms in total. The van der Waals surface area contributed by atoms with Crippen molar-refractivity contribution in [1.82, 2.24) is 10.3 Å². The van der Waals surface area contributed by atoms with Crippen molar-refractivity contribution in [3.8, 4) is 11.8 Å². The van der Waals surface area contributed by atoms with Gasteiger partial charge in [-0.3, -0.25) is 9.78 Å². The molecule has 0 saturated carbocycles. The molecule has 0 saturated heterocycles. The van der Waals surface area contributed by atoms with Gasteiger partial charge < -0.3 is 5.32 Å². The number of aryl methyl sites for hydroxylation is 1. The fraction of sp³-hybridized carbons (Fsp3) is 0.467. The summed E-state index contributed by atoms with van der Waals surface area (Å²) >= 11 is 0. The van der Waals surface area contributed by atoms with Gasteiger partial charge in [0.15, 0.2) is 0 Å². The highest BCUT2D eigenvalue weighted by Gasteiger charge is 2.05. The first-order chi connectivity index (χ1) is 8.42. The van der Waals surface area contributed by atoms with Crippen LogP contribution >= 0.6 is 0 Å². The smallest absolute Gasteiger partial charge is 0.253 e. The van der Waals surface area contributed by atoms with E-state index >= 15 is 0 Å². The molecule has 1 rings (SSSR count). The monoisotopic (exact) mass is 244 g/mol. The minimum atomic E-state index is -0.131. The van der Waals surface area contributed by atoms with E-state index in [4.69, 9.17) is 0 Å². The van der Waals surface area contributed by atoms with Crippen LogP contribution in [-0.4, -0.2) is 17.4 Å². The molecule has 18 heavy (non-hydrogen) atoms. The Balaban J connectivity index is 2.52. The van der Waals surface area contributed by atoms with E-state index in [0.29, 0.717) is 12.1 Å². The van der Waals surface area contributed by atoms with Crippen molar-refractivity contribution in [3.05, 3.63) is 29.6 Å². The summed E-state index contributed by atoms with van der Waals surface area (Å²) < 4.78 is 0. The highest BCUT2D eigenvalue weighted by Crippen LogP contribution is 2.09. The summed E-state index contributed by atoms with van der Waals surface area (Å²) in [6.45, 7) is 8.51. The molecule has 1 N–H and O–H groups in total. The molecule has 0 fully saturated rings. The average molecular weight is 244 g/mol. The summed E-state index contributed by atoms with van der Waals surface area (Å²) in [4.78, 5) is 15.9. The Morgan fingerprint density at radius 1 is 1.39 bits per heavy atom. The SMILES string of the molecule is CCc1ccc(C(=O)NCC#CC(C)(C)C)cn1. The van der Waals surface area contributed by atoms with E-state index in [1.165, 1.54) is 0 Å². The van der Waals surface area contributed by atoms with E-state index in [2.05, 4.69) is 22.1 Å². The van der Waals surface area contributed by atoms with Crippen molar-refractivity contribution in [2.24, 2.45) is 5.41 Å². The fourth-order valence-corrected chi connectivity index (χ4v) is 1.30. The van der Waals surface area contributed by atoms with Gasteiger partial charge in [-0.2, -0.15) is 0 Å². The highest BCUT2D eigenvalue weighted by atomic mass is 16.1. The Morgan fingerprint density at radius 3 is 2.61 bits per heavy atom. The maximum absolute atomic E-state index is 11.7. The summed E-state index contributed by atoms with van der Waals surface area (Å²) in [5.41, 5.74) is 1.53. The highest BCUT2D eigenvalue weighted by molar-refractivity contribution is 5.93. The Bertz CT molecular complexity index is 458. The zero-order valence-corrected chi connectivity index (χ0v) is 11.5. The first-order valence-electron chi connectivity index (χ1n) is 6.15. The molecule has 1 heterocycles.